The number of aromatic nitrogens is 6. The Hall–Kier alpha value is -3.35. The van der Waals surface area contributed by atoms with E-state index in [1.165, 1.54) is 11.9 Å². The summed E-state index contributed by atoms with van der Waals surface area (Å²) in [5.41, 5.74) is 5.21. The van der Waals surface area contributed by atoms with Gasteiger partial charge >= 0.3 is 0 Å². The van der Waals surface area contributed by atoms with Gasteiger partial charge in [-0.2, -0.15) is 0 Å². The lowest BCUT2D eigenvalue weighted by molar-refractivity contribution is 0.975. The Labute approximate surface area is 151 Å². The molecule has 130 valence electrons. The van der Waals surface area contributed by atoms with Crippen LogP contribution in [-0.4, -0.2) is 29.9 Å². The Morgan fingerprint density at radius 3 is 2.58 bits per heavy atom. The first kappa shape index (κ1) is 16.1. The summed E-state index contributed by atoms with van der Waals surface area (Å²) in [4.78, 5) is 24.7. The van der Waals surface area contributed by atoms with Crippen LogP contribution in [0.2, 0.25) is 0 Å². The van der Waals surface area contributed by atoms with Crippen molar-refractivity contribution in [2.24, 2.45) is 0 Å². The second-order valence-electron chi connectivity index (χ2n) is 6.06. The zero-order chi connectivity index (χ0) is 17.8. The molecule has 2 N–H and O–H groups in total. The number of hydrogen-bond acceptors (Lipinski definition) is 6. The number of hydrogen-bond donors (Lipinski definition) is 2. The molecule has 0 aliphatic rings. The lowest BCUT2D eigenvalue weighted by Crippen LogP contribution is -2.05. The zero-order valence-corrected chi connectivity index (χ0v) is 14.5. The molecule has 4 aromatic heterocycles. The van der Waals surface area contributed by atoms with Gasteiger partial charge in [-0.3, -0.25) is 4.98 Å². The average molecular weight is 345 g/mol. The third-order valence-electron chi connectivity index (χ3n) is 4.26. The monoisotopic (exact) mass is 345 g/mol. The number of nitrogens with one attached hydrogen (secondary N) is 2. The Morgan fingerprint density at radius 1 is 0.962 bits per heavy atom. The quantitative estimate of drug-likeness (QED) is 0.558. The molecular formula is C19H19N7. The summed E-state index contributed by atoms with van der Waals surface area (Å²) in [6.45, 7) is 2.72. The van der Waals surface area contributed by atoms with Crippen LogP contribution in [0.1, 0.15) is 29.3 Å². The molecule has 0 aromatic carbocycles. The highest BCUT2D eigenvalue weighted by Crippen LogP contribution is 2.18. The van der Waals surface area contributed by atoms with Crippen LogP contribution in [0.3, 0.4) is 0 Å². The van der Waals surface area contributed by atoms with Crippen LogP contribution in [0.25, 0.3) is 11.0 Å². The fourth-order valence-corrected chi connectivity index (χ4v) is 2.75. The van der Waals surface area contributed by atoms with E-state index in [2.05, 4.69) is 48.2 Å². The SMILES string of the molecule is CCc1ccc(CNc2ncc(Cc3c[nH]c4ncncc34)cn2)nc1. The van der Waals surface area contributed by atoms with Crippen molar-refractivity contribution < 1.29 is 0 Å². The minimum atomic E-state index is 0.595. The van der Waals surface area contributed by atoms with Crippen LogP contribution in [0.5, 0.6) is 0 Å². The van der Waals surface area contributed by atoms with E-state index in [0.29, 0.717) is 12.5 Å². The molecular weight excluding hydrogens is 326 g/mol. The molecule has 0 amide bonds. The maximum atomic E-state index is 4.43. The third-order valence-corrected chi connectivity index (χ3v) is 4.26. The zero-order valence-electron chi connectivity index (χ0n) is 14.5. The van der Waals surface area contributed by atoms with E-state index < -0.39 is 0 Å². The molecule has 0 aliphatic heterocycles. The van der Waals surface area contributed by atoms with Gasteiger partial charge in [0, 0.05) is 42.8 Å². The highest BCUT2D eigenvalue weighted by atomic mass is 15.1. The highest BCUT2D eigenvalue weighted by Gasteiger charge is 2.06. The van der Waals surface area contributed by atoms with Gasteiger partial charge in [0.05, 0.1) is 12.2 Å². The molecule has 4 aromatic rings. The fraction of sp³-hybridized carbons (Fsp3) is 0.211. The van der Waals surface area contributed by atoms with E-state index in [1.807, 2.05) is 37.1 Å². The van der Waals surface area contributed by atoms with E-state index in [-0.39, 0.29) is 0 Å². The molecule has 26 heavy (non-hydrogen) atoms. The van der Waals surface area contributed by atoms with Crippen molar-refractivity contribution in [1.82, 2.24) is 29.9 Å². The van der Waals surface area contributed by atoms with Crippen molar-refractivity contribution in [1.29, 1.82) is 0 Å². The minimum Gasteiger partial charge on any atom is -0.349 e. The number of rotatable bonds is 6. The van der Waals surface area contributed by atoms with Crippen molar-refractivity contribution in [3.8, 4) is 0 Å². The van der Waals surface area contributed by atoms with Crippen LogP contribution in [0.4, 0.5) is 5.95 Å². The van der Waals surface area contributed by atoms with E-state index in [9.17, 15) is 0 Å². The average Bonchev–Trinajstić information content (AvgIpc) is 3.11. The molecule has 7 heteroatoms. The Kier molecular flexibility index (Phi) is 4.51. The van der Waals surface area contributed by atoms with Crippen molar-refractivity contribution >= 4 is 17.0 Å². The normalized spacial score (nSPS) is 11.0. The van der Waals surface area contributed by atoms with Crippen molar-refractivity contribution in [3.63, 3.8) is 0 Å². The molecule has 4 rings (SSSR count). The number of pyridine rings is 1. The first-order chi connectivity index (χ1) is 12.8. The van der Waals surface area contributed by atoms with Gasteiger partial charge < -0.3 is 10.3 Å². The maximum absolute atomic E-state index is 4.43. The standard InChI is InChI=1S/C19H19N7/c1-2-13-3-4-16(21-6-13)10-25-19-23-7-14(8-24-19)5-15-9-22-18-17(15)11-20-12-26-18/h3-4,6-9,11-12H,2,5,10H2,1H3,(H,20,22,26)(H,23,24,25). The predicted octanol–water partition coefficient (Wildman–Crippen LogP) is 2.91. The molecule has 0 saturated carbocycles. The third kappa shape index (κ3) is 3.51. The number of anilines is 1. The van der Waals surface area contributed by atoms with Crippen molar-refractivity contribution in [2.45, 2.75) is 26.3 Å². The van der Waals surface area contributed by atoms with Gasteiger partial charge in [-0.25, -0.2) is 19.9 Å². The second kappa shape index (κ2) is 7.26. The van der Waals surface area contributed by atoms with Crippen LogP contribution < -0.4 is 5.32 Å². The number of nitrogens with zero attached hydrogens (tertiary/aromatic N) is 5. The summed E-state index contributed by atoms with van der Waals surface area (Å²) in [5, 5.41) is 4.23. The molecule has 0 saturated heterocycles. The van der Waals surface area contributed by atoms with Crippen LogP contribution >= 0.6 is 0 Å². The largest absolute Gasteiger partial charge is 0.349 e. The van der Waals surface area contributed by atoms with Gasteiger partial charge in [-0.15, -0.1) is 0 Å². The molecule has 4 heterocycles. The number of aromatic amines is 1. The lowest BCUT2D eigenvalue weighted by Gasteiger charge is -2.06. The number of fused-ring (bicyclic) bond motifs is 1. The van der Waals surface area contributed by atoms with Crippen molar-refractivity contribution in [2.75, 3.05) is 5.32 Å². The summed E-state index contributed by atoms with van der Waals surface area (Å²) in [7, 11) is 0. The molecule has 0 unspecified atom stereocenters. The fourth-order valence-electron chi connectivity index (χ4n) is 2.75. The molecule has 7 nitrogen and oxygen atoms in total. The summed E-state index contributed by atoms with van der Waals surface area (Å²) in [5.74, 6) is 0.595. The second-order valence-corrected chi connectivity index (χ2v) is 6.06. The van der Waals surface area contributed by atoms with Crippen LogP contribution in [-0.2, 0) is 19.4 Å². The van der Waals surface area contributed by atoms with E-state index in [4.69, 9.17) is 0 Å². The Bertz CT molecular complexity index is 991. The molecule has 0 radical (unpaired) electrons. The smallest absolute Gasteiger partial charge is 0.222 e. The van der Waals surface area contributed by atoms with E-state index in [0.717, 1.165) is 40.7 Å². The van der Waals surface area contributed by atoms with Crippen LogP contribution in [0, 0.1) is 0 Å². The predicted molar refractivity (Wildman–Crippen MR) is 99.7 cm³/mol. The number of H-pyrrole nitrogens is 1. The van der Waals surface area contributed by atoms with Gasteiger partial charge in [-0.1, -0.05) is 13.0 Å². The summed E-state index contributed by atoms with van der Waals surface area (Å²) < 4.78 is 0. The van der Waals surface area contributed by atoms with E-state index in [1.54, 1.807) is 0 Å². The highest BCUT2D eigenvalue weighted by molar-refractivity contribution is 5.78. The summed E-state index contributed by atoms with van der Waals surface area (Å²) >= 11 is 0. The summed E-state index contributed by atoms with van der Waals surface area (Å²) in [6.07, 6.45) is 12.6. The Balaban J connectivity index is 1.40. The van der Waals surface area contributed by atoms with Crippen LogP contribution in [0.15, 0.2) is 49.4 Å². The van der Waals surface area contributed by atoms with Gasteiger partial charge in [0.2, 0.25) is 5.95 Å². The van der Waals surface area contributed by atoms with Gasteiger partial charge in [0.15, 0.2) is 0 Å². The first-order valence-electron chi connectivity index (χ1n) is 8.56. The summed E-state index contributed by atoms with van der Waals surface area (Å²) in [6, 6.07) is 4.12. The molecule has 0 bridgehead atoms. The minimum absolute atomic E-state index is 0.595. The molecule has 0 atom stereocenters. The molecule has 0 aliphatic carbocycles. The molecule has 0 fully saturated rings. The maximum Gasteiger partial charge on any atom is 0.222 e. The van der Waals surface area contributed by atoms with Gasteiger partial charge in [-0.05, 0) is 29.2 Å². The number of aryl methyl sites for hydroxylation is 1. The molecule has 0 spiro atoms. The first-order valence-corrected chi connectivity index (χ1v) is 8.56. The van der Waals surface area contributed by atoms with Gasteiger partial charge in [0.25, 0.3) is 0 Å². The van der Waals surface area contributed by atoms with E-state index >= 15 is 0 Å². The van der Waals surface area contributed by atoms with Gasteiger partial charge in [0.1, 0.15) is 12.0 Å². The van der Waals surface area contributed by atoms with Crippen molar-refractivity contribution in [3.05, 3.63) is 71.8 Å². The lowest BCUT2D eigenvalue weighted by atomic mass is 10.1. The topological polar surface area (TPSA) is 92.3 Å². The Morgan fingerprint density at radius 2 is 1.81 bits per heavy atom.